The molecule has 0 atom stereocenters. The Balaban J connectivity index is 1.57. The number of hydrogen-bond donors (Lipinski definition) is 2. The van der Waals surface area contributed by atoms with Gasteiger partial charge in [0.15, 0.2) is 0 Å². The highest BCUT2D eigenvalue weighted by molar-refractivity contribution is 6.33. The number of nitrogens with zero attached hydrogens (tertiary/aromatic N) is 3. The average Bonchev–Trinajstić information content (AvgIpc) is 2.89. The summed E-state index contributed by atoms with van der Waals surface area (Å²) in [5, 5.41) is 12.0. The molecule has 0 aliphatic carbocycles. The fraction of sp³-hybridized carbons (Fsp3) is 0.320. The summed E-state index contributed by atoms with van der Waals surface area (Å²) in [6, 6.07) is 10.1. The van der Waals surface area contributed by atoms with Gasteiger partial charge < -0.3 is 20.2 Å². The molecule has 1 fully saturated rings. The third-order valence-electron chi connectivity index (χ3n) is 5.99. The van der Waals surface area contributed by atoms with Crippen LogP contribution in [-0.2, 0) is 6.54 Å². The largest absolute Gasteiger partial charge is 0.408 e. The quantitative estimate of drug-likeness (QED) is 0.493. The first kappa shape index (κ1) is 24.7. The van der Waals surface area contributed by atoms with Crippen molar-refractivity contribution in [3.63, 3.8) is 0 Å². The highest BCUT2D eigenvalue weighted by Crippen LogP contribution is 2.31. The van der Waals surface area contributed by atoms with Crippen molar-refractivity contribution in [2.45, 2.75) is 25.3 Å². The van der Waals surface area contributed by atoms with E-state index in [-0.39, 0.29) is 47.1 Å². The zero-order valence-electron chi connectivity index (χ0n) is 19.0. The molecule has 1 aliphatic heterocycles. The van der Waals surface area contributed by atoms with Gasteiger partial charge >= 0.3 is 5.56 Å². The molecular weight excluding hydrogens is 475 g/mol. The van der Waals surface area contributed by atoms with E-state index in [0.717, 1.165) is 28.7 Å². The van der Waals surface area contributed by atoms with E-state index in [1.165, 1.54) is 18.3 Å². The molecule has 4 rings (SSSR count). The Bertz CT molecular complexity index is 1210. The lowest BCUT2D eigenvalue weighted by atomic mass is 9.89. The molecule has 0 unspecified atom stereocenters. The number of nitrogens with one attached hydrogen (secondary N) is 1. The third-order valence-corrected chi connectivity index (χ3v) is 6.34. The summed E-state index contributed by atoms with van der Waals surface area (Å²) in [6.07, 6.45) is 6.09. The van der Waals surface area contributed by atoms with Crippen LogP contribution in [0.15, 0.2) is 59.8 Å². The molecule has 10 heteroatoms. The number of piperidine rings is 1. The SMILES string of the molecule is O=C(c1cn(OCCO)c(=O)c(Cl)c1NCc1cccnc1)N1CCC(c2ccc(F)cc2)CC1. The van der Waals surface area contributed by atoms with E-state index >= 15 is 0 Å². The zero-order chi connectivity index (χ0) is 24.8. The molecule has 35 heavy (non-hydrogen) atoms. The molecule has 8 nitrogen and oxygen atoms in total. The maximum Gasteiger partial charge on any atom is 0.303 e. The van der Waals surface area contributed by atoms with E-state index in [0.29, 0.717) is 19.6 Å². The van der Waals surface area contributed by atoms with Crippen LogP contribution in [-0.4, -0.2) is 51.9 Å². The number of pyridine rings is 2. The molecule has 3 aromatic rings. The summed E-state index contributed by atoms with van der Waals surface area (Å²) in [6.45, 7) is 0.871. The van der Waals surface area contributed by atoms with Crippen LogP contribution in [0.5, 0.6) is 0 Å². The number of rotatable bonds is 8. The number of anilines is 1. The van der Waals surface area contributed by atoms with Crippen molar-refractivity contribution in [1.82, 2.24) is 14.6 Å². The fourth-order valence-corrected chi connectivity index (χ4v) is 4.40. The van der Waals surface area contributed by atoms with Gasteiger partial charge in [0.25, 0.3) is 5.91 Å². The maximum atomic E-state index is 13.6. The van der Waals surface area contributed by atoms with Crippen LogP contribution in [0.3, 0.4) is 0 Å². The van der Waals surface area contributed by atoms with Crippen LogP contribution in [0, 0.1) is 5.82 Å². The summed E-state index contributed by atoms with van der Waals surface area (Å²) in [5.41, 5.74) is 1.67. The van der Waals surface area contributed by atoms with Crippen LogP contribution in [0.1, 0.15) is 40.2 Å². The monoisotopic (exact) mass is 500 g/mol. The number of aliphatic hydroxyl groups is 1. The molecule has 1 saturated heterocycles. The molecule has 2 aromatic heterocycles. The Morgan fingerprint density at radius 2 is 1.97 bits per heavy atom. The first-order chi connectivity index (χ1) is 17.0. The number of halogens is 2. The minimum Gasteiger partial charge on any atom is -0.408 e. The summed E-state index contributed by atoms with van der Waals surface area (Å²) in [7, 11) is 0. The van der Waals surface area contributed by atoms with Crippen LogP contribution >= 0.6 is 11.6 Å². The van der Waals surface area contributed by atoms with Gasteiger partial charge in [-0.2, -0.15) is 4.73 Å². The van der Waals surface area contributed by atoms with E-state index in [4.69, 9.17) is 21.5 Å². The van der Waals surface area contributed by atoms with E-state index in [9.17, 15) is 14.0 Å². The van der Waals surface area contributed by atoms with Crippen LogP contribution < -0.4 is 15.7 Å². The Labute approximate surface area is 206 Å². The summed E-state index contributed by atoms with van der Waals surface area (Å²) in [5.74, 6) is -0.337. The lowest BCUT2D eigenvalue weighted by Crippen LogP contribution is -2.39. The number of aromatic nitrogens is 2. The van der Waals surface area contributed by atoms with Crippen molar-refractivity contribution < 1.29 is 19.1 Å². The molecule has 0 bridgehead atoms. The van der Waals surface area contributed by atoms with Crippen molar-refractivity contribution >= 4 is 23.2 Å². The normalized spacial score (nSPS) is 14.1. The first-order valence-corrected chi connectivity index (χ1v) is 11.7. The Morgan fingerprint density at radius 3 is 2.63 bits per heavy atom. The number of benzene rings is 1. The van der Waals surface area contributed by atoms with E-state index in [1.54, 1.807) is 35.5 Å². The number of amides is 1. The molecule has 1 aromatic carbocycles. The molecule has 1 aliphatic rings. The minimum atomic E-state index is -0.639. The number of carbonyl (C=O) groups excluding carboxylic acids is 1. The second-order valence-corrected chi connectivity index (χ2v) is 8.63. The van der Waals surface area contributed by atoms with Gasteiger partial charge in [-0.3, -0.25) is 14.6 Å². The molecule has 184 valence electrons. The Morgan fingerprint density at radius 1 is 1.23 bits per heavy atom. The number of aliphatic hydroxyl groups excluding tert-OH is 1. The van der Waals surface area contributed by atoms with Crippen LogP contribution in [0.4, 0.5) is 10.1 Å². The highest BCUT2D eigenvalue weighted by Gasteiger charge is 2.28. The maximum absolute atomic E-state index is 13.6. The van der Waals surface area contributed by atoms with Crippen molar-refractivity contribution in [3.05, 3.63) is 92.9 Å². The van der Waals surface area contributed by atoms with Gasteiger partial charge in [-0.05, 0) is 48.1 Å². The van der Waals surface area contributed by atoms with Crippen molar-refractivity contribution in [3.8, 4) is 0 Å². The predicted octanol–water partition coefficient (Wildman–Crippen LogP) is 3.09. The summed E-state index contributed by atoms with van der Waals surface area (Å²) >= 11 is 6.39. The smallest absolute Gasteiger partial charge is 0.303 e. The van der Waals surface area contributed by atoms with Gasteiger partial charge in [0.2, 0.25) is 0 Å². The van der Waals surface area contributed by atoms with Gasteiger partial charge in [0, 0.05) is 32.0 Å². The molecule has 2 N–H and O–H groups in total. The van der Waals surface area contributed by atoms with Gasteiger partial charge in [0.05, 0.1) is 24.1 Å². The van der Waals surface area contributed by atoms with Crippen molar-refractivity contribution in [2.75, 3.05) is 31.6 Å². The highest BCUT2D eigenvalue weighted by atomic mass is 35.5. The predicted molar refractivity (Wildman–Crippen MR) is 130 cm³/mol. The van der Waals surface area contributed by atoms with E-state index in [1.807, 2.05) is 6.07 Å². The Hall–Kier alpha value is -3.43. The van der Waals surface area contributed by atoms with Gasteiger partial charge in [-0.1, -0.05) is 29.8 Å². The standard InChI is InChI=1S/C25H26ClFN4O4/c26-22-23(29-15-17-2-1-9-28-14-17)21(16-31(25(22)34)35-13-12-32)24(33)30-10-7-19(8-11-30)18-3-5-20(27)6-4-18/h1-6,9,14,16,19,29,32H,7-8,10-13,15H2. The minimum absolute atomic E-state index is 0.130. The first-order valence-electron chi connectivity index (χ1n) is 11.3. The van der Waals surface area contributed by atoms with Crippen molar-refractivity contribution in [1.29, 1.82) is 0 Å². The average molecular weight is 501 g/mol. The van der Waals surface area contributed by atoms with Crippen LogP contribution in [0.2, 0.25) is 5.02 Å². The van der Waals surface area contributed by atoms with Gasteiger partial charge in [-0.15, -0.1) is 0 Å². The number of carbonyl (C=O) groups is 1. The van der Waals surface area contributed by atoms with E-state index in [2.05, 4.69) is 10.3 Å². The van der Waals surface area contributed by atoms with Crippen molar-refractivity contribution in [2.24, 2.45) is 0 Å². The topological polar surface area (TPSA) is 96.7 Å². The number of hydrogen-bond acceptors (Lipinski definition) is 6. The van der Waals surface area contributed by atoms with Gasteiger partial charge in [0.1, 0.15) is 17.4 Å². The molecule has 1 amide bonds. The lowest BCUT2D eigenvalue weighted by Gasteiger charge is -2.33. The van der Waals surface area contributed by atoms with Gasteiger partial charge in [-0.25, -0.2) is 4.39 Å². The lowest BCUT2D eigenvalue weighted by molar-refractivity contribution is 0.0644. The molecular formula is C25H26ClFN4O4. The molecule has 0 spiro atoms. The molecule has 0 radical (unpaired) electrons. The summed E-state index contributed by atoms with van der Waals surface area (Å²) < 4.78 is 14.1. The fourth-order valence-electron chi connectivity index (χ4n) is 4.15. The van der Waals surface area contributed by atoms with E-state index < -0.39 is 5.56 Å². The third kappa shape index (κ3) is 5.80. The summed E-state index contributed by atoms with van der Waals surface area (Å²) in [4.78, 5) is 37.3. The molecule has 0 saturated carbocycles. The second kappa shape index (κ2) is 11.3. The molecule has 3 heterocycles. The Kier molecular flexibility index (Phi) is 7.99. The second-order valence-electron chi connectivity index (χ2n) is 8.25. The van der Waals surface area contributed by atoms with Crippen LogP contribution in [0.25, 0.3) is 0 Å². The zero-order valence-corrected chi connectivity index (χ0v) is 19.7. The number of likely N-dealkylation sites (tertiary alicyclic amines) is 1.